The van der Waals surface area contributed by atoms with Gasteiger partial charge in [-0.25, -0.2) is 4.98 Å². The van der Waals surface area contributed by atoms with Gasteiger partial charge in [0.05, 0.1) is 0 Å². The fourth-order valence-electron chi connectivity index (χ4n) is 2.75. The summed E-state index contributed by atoms with van der Waals surface area (Å²) in [5, 5.41) is 3.38. The van der Waals surface area contributed by atoms with Crippen molar-refractivity contribution >= 4 is 5.91 Å². The average Bonchev–Trinajstić information content (AvgIpc) is 2.51. The van der Waals surface area contributed by atoms with E-state index in [4.69, 9.17) is 4.74 Å². The molecule has 0 aromatic carbocycles. The number of rotatable bonds is 5. The number of carbonyl (C=O) groups is 1. The summed E-state index contributed by atoms with van der Waals surface area (Å²) >= 11 is 0. The Kier molecular flexibility index (Phi) is 6.04. The maximum absolute atomic E-state index is 12.7. The number of piperidine rings is 1. The largest absolute Gasteiger partial charge is 0.482 e. The molecule has 0 bridgehead atoms. The molecule has 5 nitrogen and oxygen atoms in total. The normalized spacial score (nSPS) is 18.8. The molecule has 1 aliphatic rings. The smallest absolute Gasteiger partial charge is 0.422 e. The molecule has 1 aromatic heterocycles. The number of nitrogens with zero attached hydrogens (tertiary/aromatic N) is 2. The minimum Gasteiger partial charge on any atom is -0.482 e. The lowest BCUT2D eigenvalue weighted by atomic mass is 10.0. The quantitative estimate of drug-likeness (QED) is 0.891. The maximum atomic E-state index is 12.7. The predicted molar refractivity (Wildman–Crippen MR) is 83.0 cm³/mol. The Labute approximate surface area is 139 Å². The van der Waals surface area contributed by atoms with Crippen molar-refractivity contribution in [1.29, 1.82) is 0 Å². The van der Waals surface area contributed by atoms with Crippen LogP contribution in [-0.4, -0.2) is 53.7 Å². The van der Waals surface area contributed by atoms with Gasteiger partial charge in [-0.1, -0.05) is 13.8 Å². The number of hydrogen-bond acceptors (Lipinski definition) is 4. The first-order valence-corrected chi connectivity index (χ1v) is 7.96. The van der Waals surface area contributed by atoms with Crippen molar-refractivity contribution in [2.24, 2.45) is 0 Å². The molecule has 0 radical (unpaired) electrons. The van der Waals surface area contributed by atoms with Crippen LogP contribution >= 0.6 is 0 Å². The van der Waals surface area contributed by atoms with E-state index in [9.17, 15) is 18.0 Å². The second-order valence-electron chi connectivity index (χ2n) is 6.17. The number of amides is 1. The molecule has 1 N–H and O–H groups in total. The van der Waals surface area contributed by atoms with Crippen LogP contribution in [0.4, 0.5) is 13.2 Å². The van der Waals surface area contributed by atoms with Crippen LogP contribution in [0.15, 0.2) is 18.3 Å². The van der Waals surface area contributed by atoms with Gasteiger partial charge >= 0.3 is 6.18 Å². The third kappa shape index (κ3) is 5.36. The summed E-state index contributed by atoms with van der Waals surface area (Å²) in [6, 6.07) is 3.25. The molecule has 1 atom stereocenters. The molecule has 0 spiro atoms. The Balaban J connectivity index is 2.08. The molecule has 1 aromatic rings. The molecule has 24 heavy (non-hydrogen) atoms. The molecule has 134 valence electrons. The van der Waals surface area contributed by atoms with E-state index in [2.05, 4.69) is 10.3 Å². The van der Waals surface area contributed by atoms with Crippen LogP contribution < -0.4 is 10.1 Å². The molecular formula is C16H22F3N3O2. The van der Waals surface area contributed by atoms with E-state index in [1.165, 1.54) is 18.3 Å². The van der Waals surface area contributed by atoms with Gasteiger partial charge in [-0.05, 0) is 25.0 Å². The first-order valence-electron chi connectivity index (χ1n) is 7.96. The highest BCUT2D eigenvalue weighted by Crippen LogP contribution is 2.23. The molecule has 1 amide bonds. The lowest BCUT2D eigenvalue weighted by molar-refractivity contribution is -0.153. The summed E-state index contributed by atoms with van der Waals surface area (Å²) in [5.74, 6) is -0.540. The molecule has 1 fully saturated rings. The molecular weight excluding hydrogens is 323 g/mol. The first-order chi connectivity index (χ1) is 11.3. The molecule has 2 heterocycles. The summed E-state index contributed by atoms with van der Waals surface area (Å²) in [4.78, 5) is 18.2. The minimum absolute atomic E-state index is 0.0769. The summed E-state index contributed by atoms with van der Waals surface area (Å²) in [7, 11) is 0. The van der Waals surface area contributed by atoms with Crippen molar-refractivity contribution in [2.75, 3.05) is 19.7 Å². The van der Waals surface area contributed by atoms with Crippen molar-refractivity contribution < 1.29 is 22.7 Å². The second kappa shape index (κ2) is 7.83. The van der Waals surface area contributed by atoms with Crippen LogP contribution in [0, 0.1) is 0 Å². The lowest BCUT2D eigenvalue weighted by Gasteiger charge is -2.34. The Bertz CT molecular complexity index is 564. The molecule has 2 rings (SSSR count). The van der Waals surface area contributed by atoms with Crippen molar-refractivity contribution in [1.82, 2.24) is 15.2 Å². The summed E-state index contributed by atoms with van der Waals surface area (Å²) in [5.41, 5.74) is -0.0769. The van der Waals surface area contributed by atoms with Gasteiger partial charge in [0.15, 0.2) is 18.1 Å². The monoisotopic (exact) mass is 345 g/mol. The summed E-state index contributed by atoms with van der Waals surface area (Å²) in [6.07, 6.45) is -1.29. The highest BCUT2D eigenvalue weighted by atomic mass is 19.4. The van der Waals surface area contributed by atoms with E-state index in [0.717, 1.165) is 12.8 Å². The van der Waals surface area contributed by atoms with Gasteiger partial charge in [0.1, 0.15) is 0 Å². The maximum Gasteiger partial charge on any atom is 0.422 e. The summed E-state index contributed by atoms with van der Waals surface area (Å²) < 4.78 is 41.8. The predicted octanol–water partition coefficient (Wildman–Crippen LogP) is 2.63. The van der Waals surface area contributed by atoms with Crippen molar-refractivity contribution in [3.05, 3.63) is 24.0 Å². The number of alkyl halides is 3. The average molecular weight is 345 g/mol. The number of halogens is 3. The third-order valence-corrected chi connectivity index (χ3v) is 3.64. The van der Waals surface area contributed by atoms with Crippen molar-refractivity contribution in [3.63, 3.8) is 0 Å². The van der Waals surface area contributed by atoms with Crippen molar-refractivity contribution in [2.45, 2.75) is 44.9 Å². The minimum atomic E-state index is -4.46. The van der Waals surface area contributed by atoms with Gasteiger partial charge in [0.2, 0.25) is 0 Å². The van der Waals surface area contributed by atoms with Gasteiger partial charge < -0.3 is 15.0 Å². The number of carbonyl (C=O) groups excluding carboxylic acids is 1. The lowest BCUT2D eigenvalue weighted by Crippen LogP contribution is -2.49. The molecule has 0 aliphatic carbocycles. The SMILES string of the molecule is CC(C)NC1CCCN(C(=O)c2ncccc2OCC(F)(F)F)C1. The first kappa shape index (κ1) is 18.5. The Morgan fingerprint density at radius 3 is 2.92 bits per heavy atom. The third-order valence-electron chi connectivity index (χ3n) is 3.64. The zero-order chi connectivity index (χ0) is 17.7. The molecule has 1 saturated heterocycles. The fourth-order valence-corrected chi connectivity index (χ4v) is 2.75. The van der Waals surface area contributed by atoms with E-state index in [1.807, 2.05) is 13.8 Å². The number of hydrogen-bond donors (Lipinski definition) is 1. The van der Waals surface area contributed by atoms with Crippen LogP contribution in [0.5, 0.6) is 5.75 Å². The van der Waals surface area contributed by atoms with E-state index < -0.39 is 18.7 Å². The molecule has 1 unspecified atom stereocenters. The van der Waals surface area contributed by atoms with Gasteiger partial charge in [0, 0.05) is 31.4 Å². The van der Waals surface area contributed by atoms with Crippen LogP contribution in [-0.2, 0) is 0 Å². The van der Waals surface area contributed by atoms with Gasteiger partial charge in [-0.15, -0.1) is 0 Å². The second-order valence-corrected chi connectivity index (χ2v) is 6.17. The number of nitrogens with one attached hydrogen (secondary N) is 1. The van der Waals surface area contributed by atoms with Gasteiger partial charge in [0.25, 0.3) is 5.91 Å². The van der Waals surface area contributed by atoms with E-state index >= 15 is 0 Å². The highest BCUT2D eigenvalue weighted by molar-refractivity contribution is 5.95. The van der Waals surface area contributed by atoms with Gasteiger partial charge in [-0.3, -0.25) is 4.79 Å². The van der Waals surface area contributed by atoms with E-state index in [-0.39, 0.29) is 17.5 Å². The van der Waals surface area contributed by atoms with Gasteiger partial charge in [-0.2, -0.15) is 13.2 Å². The van der Waals surface area contributed by atoms with E-state index in [0.29, 0.717) is 19.1 Å². The Morgan fingerprint density at radius 1 is 1.50 bits per heavy atom. The number of likely N-dealkylation sites (tertiary alicyclic amines) is 1. The zero-order valence-electron chi connectivity index (χ0n) is 13.8. The highest BCUT2D eigenvalue weighted by Gasteiger charge is 2.31. The van der Waals surface area contributed by atoms with Crippen LogP contribution in [0.25, 0.3) is 0 Å². The zero-order valence-corrected chi connectivity index (χ0v) is 13.8. The number of ether oxygens (including phenoxy) is 1. The topological polar surface area (TPSA) is 54.5 Å². The van der Waals surface area contributed by atoms with Crippen LogP contribution in [0.1, 0.15) is 37.2 Å². The van der Waals surface area contributed by atoms with E-state index in [1.54, 1.807) is 4.90 Å². The molecule has 1 aliphatic heterocycles. The standard InChI is InChI=1S/C16H22F3N3O2/c1-11(2)21-12-5-4-8-22(9-12)15(23)14-13(6-3-7-20-14)24-10-16(17,18)19/h3,6-7,11-12,21H,4-5,8-10H2,1-2H3. The molecule has 0 saturated carbocycles. The fraction of sp³-hybridized carbons (Fsp3) is 0.625. The van der Waals surface area contributed by atoms with Crippen LogP contribution in [0.3, 0.4) is 0 Å². The Morgan fingerprint density at radius 2 is 2.25 bits per heavy atom. The number of aromatic nitrogens is 1. The molecule has 8 heteroatoms. The van der Waals surface area contributed by atoms with Crippen molar-refractivity contribution in [3.8, 4) is 5.75 Å². The number of pyridine rings is 1. The Hall–Kier alpha value is -1.83. The van der Waals surface area contributed by atoms with Crippen LogP contribution in [0.2, 0.25) is 0 Å². The summed E-state index contributed by atoms with van der Waals surface area (Å²) in [6.45, 7) is 3.68.